The van der Waals surface area contributed by atoms with Crippen LogP contribution in [0, 0.1) is 6.92 Å². The van der Waals surface area contributed by atoms with Crippen LogP contribution >= 0.6 is 15.9 Å². The summed E-state index contributed by atoms with van der Waals surface area (Å²) in [6, 6.07) is 4.58. The average Bonchev–Trinajstić information content (AvgIpc) is 2.19. The van der Waals surface area contributed by atoms with Crippen LogP contribution in [0.3, 0.4) is 0 Å². The van der Waals surface area contributed by atoms with E-state index in [1.807, 2.05) is 0 Å². The van der Waals surface area contributed by atoms with Gasteiger partial charge in [-0.15, -0.1) is 0 Å². The Hall–Kier alpha value is -0.970. The first-order valence-electron chi connectivity index (χ1n) is 4.69. The number of carboxylic acids is 1. The standard InChI is InChI=1S/C11H11BrF2O2/c1-7-2-3-8(12)6-9(7)11(13,14)5-4-10(15)16/h2-3,6H,4-5H2,1H3,(H,15,16). The third-order valence-electron chi connectivity index (χ3n) is 2.25. The summed E-state index contributed by atoms with van der Waals surface area (Å²) in [7, 11) is 0. The maximum Gasteiger partial charge on any atom is 0.303 e. The molecule has 0 radical (unpaired) electrons. The van der Waals surface area contributed by atoms with Gasteiger partial charge >= 0.3 is 5.97 Å². The summed E-state index contributed by atoms with van der Waals surface area (Å²) in [5.41, 5.74) is 0.335. The van der Waals surface area contributed by atoms with Crippen LogP contribution in [0.25, 0.3) is 0 Å². The number of alkyl halides is 2. The van der Waals surface area contributed by atoms with Crippen molar-refractivity contribution in [3.63, 3.8) is 0 Å². The van der Waals surface area contributed by atoms with Crippen LogP contribution in [0.4, 0.5) is 8.78 Å². The number of carboxylic acid groups (broad SMARTS) is 1. The van der Waals surface area contributed by atoms with Gasteiger partial charge in [0.05, 0.1) is 6.42 Å². The second-order valence-corrected chi connectivity index (χ2v) is 4.47. The summed E-state index contributed by atoms with van der Waals surface area (Å²) >= 11 is 3.12. The number of hydrogen-bond donors (Lipinski definition) is 1. The molecule has 1 aromatic rings. The molecular weight excluding hydrogens is 282 g/mol. The van der Waals surface area contributed by atoms with E-state index in [-0.39, 0.29) is 5.56 Å². The molecule has 0 spiro atoms. The van der Waals surface area contributed by atoms with Crippen LogP contribution in [-0.4, -0.2) is 11.1 Å². The van der Waals surface area contributed by atoms with Crippen molar-refractivity contribution in [2.45, 2.75) is 25.7 Å². The lowest BCUT2D eigenvalue weighted by molar-refractivity contribution is -0.139. The third kappa shape index (κ3) is 3.27. The predicted molar refractivity (Wildman–Crippen MR) is 59.6 cm³/mol. The highest BCUT2D eigenvalue weighted by Crippen LogP contribution is 2.36. The molecule has 1 aromatic carbocycles. The molecule has 0 unspecified atom stereocenters. The van der Waals surface area contributed by atoms with E-state index in [2.05, 4.69) is 15.9 Å². The fourth-order valence-electron chi connectivity index (χ4n) is 1.39. The number of halogens is 3. The van der Waals surface area contributed by atoms with E-state index < -0.39 is 24.7 Å². The van der Waals surface area contributed by atoms with E-state index >= 15 is 0 Å². The van der Waals surface area contributed by atoms with E-state index in [4.69, 9.17) is 5.11 Å². The van der Waals surface area contributed by atoms with Crippen molar-refractivity contribution in [2.75, 3.05) is 0 Å². The van der Waals surface area contributed by atoms with Crippen molar-refractivity contribution < 1.29 is 18.7 Å². The molecule has 0 aliphatic heterocycles. The number of aryl methyl sites for hydroxylation is 1. The molecule has 0 heterocycles. The number of rotatable bonds is 4. The molecule has 0 bridgehead atoms. The van der Waals surface area contributed by atoms with Crippen LogP contribution in [-0.2, 0) is 10.7 Å². The van der Waals surface area contributed by atoms with Gasteiger partial charge in [0.1, 0.15) is 0 Å². The van der Waals surface area contributed by atoms with Gasteiger partial charge in [0, 0.05) is 16.5 Å². The van der Waals surface area contributed by atoms with Gasteiger partial charge < -0.3 is 5.11 Å². The van der Waals surface area contributed by atoms with E-state index in [0.717, 1.165) is 0 Å². The Morgan fingerprint density at radius 2 is 2.12 bits per heavy atom. The van der Waals surface area contributed by atoms with Crippen LogP contribution in [0.2, 0.25) is 0 Å². The Morgan fingerprint density at radius 1 is 1.50 bits per heavy atom. The Morgan fingerprint density at radius 3 is 2.69 bits per heavy atom. The lowest BCUT2D eigenvalue weighted by Crippen LogP contribution is -2.16. The average molecular weight is 293 g/mol. The molecule has 1 N–H and O–H groups in total. The topological polar surface area (TPSA) is 37.3 Å². The van der Waals surface area contributed by atoms with Gasteiger partial charge in [0.25, 0.3) is 5.92 Å². The zero-order valence-electron chi connectivity index (χ0n) is 8.64. The summed E-state index contributed by atoms with van der Waals surface area (Å²) < 4.78 is 27.9. The van der Waals surface area contributed by atoms with Crippen molar-refractivity contribution in [1.82, 2.24) is 0 Å². The highest BCUT2D eigenvalue weighted by molar-refractivity contribution is 9.10. The monoisotopic (exact) mass is 292 g/mol. The largest absolute Gasteiger partial charge is 0.481 e. The Labute approximate surface area is 100 Å². The molecule has 16 heavy (non-hydrogen) atoms. The molecule has 0 aliphatic rings. The van der Waals surface area contributed by atoms with E-state index in [1.54, 1.807) is 19.1 Å². The summed E-state index contributed by atoms with van der Waals surface area (Å²) in [6.07, 6.45) is -1.22. The number of carbonyl (C=O) groups is 1. The molecule has 0 saturated heterocycles. The quantitative estimate of drug-likeness (QED) is 0.918. The molecule has 0 aromatic heterocycles. The molecule has 0 atom stereocenters. The molecule has 0 saturated carbocycles. The zero-order valence-corrected chi connectivity index (χ0v) is 10.2. The van der Waals surface area contributed by atoms with Crippen LogP contribution in [0.1, 0.15) is 24.0 Å². The number of hydrogen-bond acceptors (Lipinski definition) is 1. The Kier molecular flexibility index (Phi) is 4.02. The molecule has 0 fully saturated rings. The molecule has 0 amide bonds. The molecule has 2 nitrogen and oxygen atoms in total. The van der Waals surface area contributed by atoms with Gasteiger partial charge in [-0.2, -0.15) is 0 Å². The summed E-state index contributed by atoms with van der Waals surface area (Å²) in [6.45, 7) is 1.58. The van der Waals surface area contributed by atoms with Gasteiger partial charge in [-0.25, -0.2) is 8.78 Å². The van der Waals surface area contributed by atoms with Crippen molar-refractivity contribution in [2.24, 2.45) is 0 Å². The molecule has 5 heteroatoms. The van der Waals surface area contributed by atoms with Crippen molar-refractivity contribution in [3.8, 4) is 0 Å². The van der Waals surface area contributed by atoms with Gasteiger partial charge in [-0.1, -0.05) is 22.0 Å². The second kappa shape index (κ2) is 4.91. The van der Waals surface area contributed by atoms with E-state index in [1.165, 1.54) is 6.07 Å². The van der Waals surface area contributed by atoms with Crippen LogP contribution < -0.4 is 0 Å². The van der Waals surface area contributed by atoms with E-state index in [9.17, 15) is 13.6 Å². The smallest absolute Gasteiger partial charge is 0.303 e. The Bertz CT molecular complexity index is 405. The number of aliphatic carboxylic acids is 1. The molecule has 0 aliphatic carbocycles. The van der Waals surface area contributed by atoms with Crippen LogP contribution in [0.5, 0.6) is 0 Å². The SMILES string of the molecule is Cc1ccc(Br)cc1C(F)(F)CCC(=O)O. The summed E-state index contributed by atoms with van der Waals surface area (Å²) in [5.74, 6) is -4.32. The normalized spacial score (nSPS) is 11.5. The fourth-order valence-corrected chi connectivity index (χ4v) is 1.75. The highest BCUT2D eigenvalue weighted by atomic mass is 79.9. The van der Waals surface area contributed by atoms with Gasteiger partial charge in [0.15, 0.2) is 0 Å². The molecular formula is C11H11BrF2O2. The molecule has 88 valence electrons. The molecule has 1 rings (SSSR count). The predicted octanol–water partition coefficient (Wildman–Crippen LogP) is 3.71. The minimum Gasteiger partial charge on any atom is -0.481 e. The minimum absolute atomic E-state index is 0.122. The maximum atomic E-state index is 13.7. The van der Waals surface area contributed by atoms with Crippen molar-refractivity contribution >= 4 is 21.9 Å². The zero-order chi connectivity index (χ0) is 12.3. The Balaban J connectivity index is 2.96. The maximum absolute atomic E-state index is 13.7. The third-order valence-corrected chi connectivity index (χ3v) is 2.74. The van der Waals surface area contributed by atoms with Crippen LogP contribution in [0.15, 0.2) is 22.7 Å². The van der Waals surface area contributed by atoms with Gasteiger partial charge in [-0.3, -0.25) is 4.79 Å². The van der Waals surface area contributed by atoms with Crippen molar-refractivity contribution in [3.05, 3.63) is 33.8 Å². The van der Waals surface area contributed by atoms with Gasteiger partial charge in [-0.05, 0) is 24.6 Å². The lowest BCUT2D eigenvalue weighted by atomic mass is 9.99. The highest BCUT2D eigenvalue weighted by Gasteiger charge is 2.33. The van der Waals surface area contributed by atoms with E-state index in [0.29, 0.717) is 10.0 Å². The second-order valence-electron chi connectivity index (χ2n) is 3.56. The number of benzene rings is 1. The fraction of sp³-hybridized carbons (Fsp3) is 0.364. The van der Waals surface area contributed by atoms with Gasteiger partial charge in [0.2, 0.25) is 0 Å². The first kappa shape index (κ1) is 13.1. The lowest BCUT2D eigenvalue weighted by Gasteiger charge is -2.18. The summed E-state index contributed by atoms with van der Waals surface area (Å²) in [4.78, 5) is 10.3. The summed E-state index contributed by atoms with van der Waals surface area (Å²) in [5, 5.41) is 8.41. The first-order valence-corrected chi connectivity index (χ1v) is 5.48. The van der Waals surface area contributed by atoms with Crippen molar-refractivity contribution in [1.29, 1.82) is 0 Å². The minimum atomic E-state index is -3.10. The first-order chi connectivity index (χ1) is 7.33.